The first kappa shape index (κ1) is 17.1. The fraction of sp³-hybridized carbons (Fsp3) is 0.350. The van der Waals surface area contributed by atoms with E-state index in [9.17, 15) is 4.79 Å². The summed E-state index contributed by atoms with van der Waals surface area (Å²) >= 11 is 0. The molecule has 0 fully saturated rings. The van der Waals surface area contributed by atoms with E-state index in [-0.39, 0.29) is 12.5 Å². The average molecular weight is 311 g/mol. The highest BCUT2D eigenvalue weighted by Crippen LogP contribution is 2.20. The highest BCUT2D eigenvalue weighted by molar-refractivity contribution is 5.91. The molecule has 0 spiro atoms. The molecule has 3 heteroatoms. The molecule has 2 aromatic rings. The van der Waals surface area contributed by atoms with Crippen LogP contribution in [0.15, 0.2) is 48.5 Å². The highest BCUT2D eigenvalue weighted by atomic mass is 16.5. The van der Waals surface area contributed by atoms with Crippen LogP contribution < -0.4 is 10.1 Å². The van der Waals surface area contributed by atoms with E-state index in [4.69, 9.17) is 4.74 Å². The van der Waals surface area contributed by atoms with Gasteiger partial charge in [0.05, 0.1) is 0 Å². The lowest BCUT2D eigenvalue weighted by atomic mass is 9.99. The van der Waals surface area contributed by atoms with Gasteiger partial charge in [-0.25, -0.2) is 0 Å². The molecule has 0 heterocycles. The van der Waals surface area contributed by atoms with Crippen LogP contribution in [-0.4, -0.2) is 12.5 Å². The molecule has 2 aromatic carbocycles. The number of hydrogen-bond acceptors (Lipinski definition) is 2. The summed E-state index contributed by atoms with van der Waals surface area (Å²) in [6.07, 6.45) is 2.06. The van der Waals surface area contributed by atoms with Crippen molar-refractivity contribution >= 4 is 11.6 Å². The van der Waals surface area contributed by atoms with Gasteiger partial charge in [0.2, 0.25) is 0 Å². The molecule has 3 nitrogen and oxygen atoms in total. The van der Waals surface area contributed by atoms with Crippen LogP contribution in [0.4, 0.5) is 5.69 Å². The summed E-state index contributed by atoms with van der Waals surface area (Å²) in [6.45, 7) is 6.48. The van der Waals surface area contributed by atoms with Crippen molar-refractivity contribution in [3.05, 3.63) is 59.7 Å². The Hall–Kier alpha value is -2.29. The third-order valence-corrected chi connectivity index (χ3v) is 4.05. The Morgan fingerprint density at radius 1 is 1.13 bits per heavy atom. The molecule has 1 atom stereocenters. The number of amides is 1. The van der Waals surface area contributed by atoms with Crippen LogP contribution in [0.25, 0.3) is 0 Å². The fourth-order valence-electron chi connectivity index (χ4n) is 2.33. The molecule has 0 radical (unpaired) electrons. The smallest absolute Gasteiger partial charge is 0.262 e. The Morgan fingerprint density at radius 3 is 2.52 bits per heavy atom. The van der Waals surface area contributed by atoms with E-state index in [0.717, 1.165) is 24.3 Å². The van der Waals surface area contributed by atoms with Gasteiger partial charge in [-0.2, -0.15) is 0 Å². The summed E-state index contributed by atoms with van der Waals surface area (Å²) < 4.78 is 5.55. The van der Waals surface area contributed by atoms with Gasteiger partial charge < -0.3 is 10.1 Å². The maximum atomic E-state index is 12.0. The van der Waals surface area contributed by atoms with Gasteiger partial charge >= 0.3 is 0 Å². The second-order valence-corrected chi connectivity index (χ2v) is 5.77. The molecular weight excluding hydrogens is 286 g/mol. The summed E-state index contributed by atoms with van der Waals surface area (Å²) in [4.78, 5) is 12.0. The van der Waals surface area contributed by atoms with E-state index < -0.39 is 0 Å². The molecule has 0 aromatic heterocycles. The zero-order valence-corrected chi connectivity index (χ0v) is 14.1. The number of rotatable bonds is 7. The van der Waals surface area contributed by atoms with Crippen molar-refractivity contribution in [2.45, 2.75) is 39.5 Å². The first-order valence-electron chi connectivity index (χ1n) is 8.24. The number of hydrogen-bond donors (Lipinski definition) is 1. The summed E-state index contributed by atoms with van der Waals surface area (Å²) in [5, 5.41) is 2.86. The summed E-state index contributed by atoms with van der Waals surface area (Å²) in [7, 11) is 0. The van der Waals surface area contributed by atoms with E-state index in [2.05, 4.69) is 38.2 Å². The van der Waals surface area contributed by atoms with E-state index in [0.29, 0.717) is 5.92 Å². The number of ether oxygens (including phenoxy) is 1. The lowest BCUT2D eigenvalue weighted by Crippen LogP contribution is -2.20. The van der Waals surface area contributed by atoms with Crippen LogP contribution in [0, 0.1) is 0 Å². The molecule has 0 saturated carbocycles. The fourth-order valence-corrected chi connectivity index (χ4v) is 2.33. The number of carbonyl (C=O) groups is 1. The topological polar surface area (TPSA) is 38.3 Å². The molecule has 0 unspecified atom stereocenters. The first-order chi connectivity index (χ1) is 11.1. The van der Waals surface area contributed by atoms with Crippen LogP contribution >= 0.6 is 0 Å². The number of nitrogens with one attached hydrogen (secondary N) is 1. The van der Waals surface area contributed by atoms with Crippen molar-refractivity contribution in [3.8, 4) is 5.75 Å². The Morgan fingerprint density at radius 2 is 1.87 bits per heavy atom. The average Bonchev–Trinajstić information content (AvgIpc) is 2.60. The summed E-state index contributed by atoms with van der Waals surface area (Å²) in [5.41, 5.74) is 3.29. The molecule has 23 heavy (non-hydrogen) atoms. The van der Waals surface area contributed by atoms with Gasteiger partial charge in [0.1, 0.15) is 5.75 Å². The highest BCUT2D eigenvalue weighted by Gasteiger charge is 2.06. The molecule has 0 saturated heterocycles. The second-order valence-electron chi connectivity index (χ2n) is 5.77. The van der Waals surface area contributed by atoms with Gasteiger partial charge in [-0.3, -0.25) is 4.79 Å². The van der Waals surface area contributed by atoms with Crippen molar-refractivity contribution in [1.29, 1.82) is 0 Å². The quantitative estimate of drug-likeness (QED) is 0.799. The van der Waals surface area contributed by atoms with E-state index in [1.165, 1.54) is 11.1 Å². The predicted molar refractivity (Wildman–Crippen MR) is 95.1 cm³/mol. The maximum absolute atomic E-state index is 12.0. The SMILES string of the molecule is CCc1cccc(OCC(=O)Nc2ccc([C@H](C)CC)cc2)c1. The number of anilines is 1. The van der Waals surface area contributed by atoms with Crippen molar-refractivity contribution < 1.29 is 9.53 Å². The third kappa shape index (κ3) is 5.13. The zero-order valence-electron chi connectivity index (χ0n) is 14.1. The Kier molecular flexibility index (Phi) is 6.21. The second kappa shape index (κ2) is 8.37. The number of carbonyl (C=O) groups excluding carboxylic acids is 1. The molecule has 0 aliphatic rings. The minimum Gasteiger partial charge on any atom is -0.484 e. The first-order valence-corrected chi connectivity index (χ1v) is 8.24. The maximum Gasteiger partial charge on any atom is 0.262 e. The van der Waals surface area contributed by atoms with Gasteiger partial charge in [-0.05, 0) is 54.2 Å². The van der Waals surface area contributed by atoms with Crippen molar-refractivity contribution in [2.24, 2.45) is 0 Å². The van der Waals surface area contributed by atoms with Crippen LogP contribution in [0.3, 0.4) is 0 Å². The van der Waals surface area contributed by atoms with Gasteiger partial charge in [0, 0.05) is 5.69 Å². The molecule has 1 amide bonds. The standard InChI is InChI=1S/C20H25NO2/c1-4-15(3)17-9-11-18(12-10-17)21-20(22)14-23-19-8-6-7-16(5-2)13-19/h6-13,15H,4-5,14H2,1-3H3,(H,21,22)/t15-/m1/s1. The third-order valence-electron chi connectivity index (χ3n) is 4.05. The van der Waals surface area contributed by atoms with Crippen molar-refractivity contribution in [3.63, 3.8) is 0 Å². The number of benzene rings is 2. The normalized spacial score (nSPS) is 11.8. The summed E-state index contributed by atoms with van der Waals surface area (Å²) in [6, 6.07) is 15.8. The van der Waals surface area contributed by atoms with Gasteiger partial charge in [-0.15, -0.1) is 0 Å². The van der Waals surface area contributed by atoms with E-state index in [1.807, 2.05) is 36.4 Å². The van der Waals surface area contributed by atoms with Crippen molar-refractivity contribution in [2.75, 3.05) is 11.9 Å². The van der Waals surface area contributed by atoms with Crippen LogP contribution in [-0.2, 0) is 11.2 Å². The van der Waals surface area contributed by atoms with Gasteiger partial charge in [0.15, 0.2) is 6.61 Å². The lowest BCUT2D eigenvalue weighted by molar-refractivity contribution is -0.118. The largest absolute Gasteiger partial charge is 0.484 e. The molecule has 0 aliphatic carbocycles. The zero-order chi connectivity index (χ0) is 16.7. The molecule has 0 bridgehead atoms. The minimum atomic E-state index is -0.150. The van der Waals surface area contributed by atoms with Crippen molar-refractivity contribution in [1.82, 2.24) is 0 Å². The Labute approximate surface area is 138 Å². The van der Waals surface area contributed by atoms with Crippen LogP contribution in [0.1, 0.15) is 44.2 Å². The molecule has 122 valence electrons. The molecule has 2 rings (SSSR count). The lowest BCUT2D eigenvalue weighted by Gasteiger charge is -2.11. The van der Waals surface area contributed by atoms with E-state index in [1.54, 1.807) is 0 Å². The van der Waals surface area contributed by atoms with Crippen LogP contribution in [0.2, 0.25) is 0 Å². The monoisotopic (exact) mass is 311 g/mol. The van der Waals surface area contributed by atoms with Crippen LogP contribution in [0.5, 0.6) is 5.75 Å². The number of aryl methyl sites for hydroxylation is 1. The van der Waals surface area contributed by atoms with E-state index >= 15 is 0 Å². The minimum absolute atomic E-state index is 0.0142. The Bertz CT molecular complexity index is 634. The Balaban J connectivity index is 1.86. The molecule has 0 aliphatic heterocycles. The van der Waals surface area contributed by atoms with Gasteiger partial charge in [0.25, 0.3) is 5.91 Å². The summed E-state index contributed by atoms with van der Waals surface area (Å²) in [5.74, 6) is 1.11. The molecular formula is C20H25NO2. The predicted octanol–water partition coefficient (Wildman–Crippen LogP) is 4.78. The van der Waals surface area contributed by atoms with Gasteiger partial charge in [-0.1, -0.05) is 45.0 Å². The molecule has 1 N–H and O–H groups in total.